The molecule has 0 amide bonds. The summed E-state index contributed by atoms with van der Waals surface area (Å²) in [5.41, 5.74) is 1.23. The van der Waals surface area contributed by atoms with Crippen molar-refractivity contribution in [3.63, 3.8) is 0 Å². The maximum absolute atomic E-state index is 13.8. The summed E-state index contributed by atoms with van der Waals surface area (Å²) >= 11 is 5.82. The summed E-state index contributed by atoms with van der Waals surface area (Å²) in [6.07, 6.45) is 0. The maximum Gasteiger partial charge on any atom is 0.299 e. The second kappa shape index (κ2) is 6.90. The number of benzene rings is 2. The number of carbonyl (C=O) groups excluding carboxylic acids is 1. The molecule has 1 heterocycles. The van der Waals surface area contributed by atoms with Crippen molar-refractivity contribution in [2.45, 2.75) is 0 Å². The Bertz CT molecular complexity index is 944. The molecule has 0 saturated carbocycles. The minimum Gasteiger partial charge on any atom is -0.497 e. The molecule has 0 atom stereocenters. The van der Waals surface area contributed by atoms with Gasteiger partial charge in [-0.3, -0.25) is 4.79 Å². The Labute approximate surface area is 146 Å². The van der Waals surface area contributed by atoms with Crippen LogP contribution in [0.3, 0.4) is 0 Å². The largest absolute Gasteiger partial charge is 0.497 e. The third-order valence-electron chi connectivity index (χ3n) is 3.41. The number of methoxy groups -OCH3 is 1. The molecule has 0 fully saturated rings. The Morgan fingerprint density at radius 2 is 1.96 bits per heavy atom. The second-order valence-corrected chi connectivity index (χ2v) is 5.38. The fraction of sp³-hybridized carbons (Fsp3) is 0.0588. The van der Waals surface area contributed by atoms with E-state index >= 15 is 0 Å². The van der Waals surface area contributed by atoms with E-state index in [4.69, 9.17) is 21.1 Å². The lowest BCUT2D eigenvalue weighted by molar-refractivity contribution is -0.120. The number of hydrogen-bond donors (Lipinski definition) is 0. The third kappa shape index (κ3) is 3.46. The monoisotopic (exact) mass is 364 g/mol. The first-order chi connectivity index (χ1) is 12.0. The van der Waals surface area contributed by atoms with E-state index < -0.39 is 11.6 Å². The SMILES string of the molecule is COc1cc(F)cc(-c2cc(OC=O)nn2-c2ccc(F)c(Cl)c2)c1. The first-order valence-corrected chi connectivity index (χ1v) is 7.40. The van der Waals surface area contributed by atoms with E-state index in [-0.39, 0.29) is 17.4 Å². The van der Waals surface area contributed by atoms with Crippen molar-refractivity contribution in [1.29, 1.82) is 0 Å². The maximum atomic E-state index is 13.8. The fourth-order valence-corrected chi connectivity index (χ4v) is 2.49. The molecule has 0 radical (unpaired) electrons. The summed E-state index contributed by atoms with van der Waals surface area (Å²) in [6, 6.07) is 9.50. The molecule has 128 valence electrons. The van der Waals surface area contributed by atoms with E-state index in [2.05, 4.69) is 5.10 Å². The third-order valence-corrected chi connectivity index (χ3v) is 3.70. The molecule has 0 unspecified atom stereocenters. The quantitative estimate of drug-likeness (QED) is 0.642. The van der Waals surface area contributed by atoms with Gasteiger partial charge in [0.1, 0.15) is 17.4 Å². The van der Waals surface area contributed by atoms with Crippen molar-refractivity contribution in [1.82, 2.24) is 9.78 Å². The van der Waals surface area contributed by atoms with Crippen molar-refractivity contribution < 1.29 is 23.0 Å². The molecule has 0 saturated heterocycles. The molecule has 1 aromatic heterocycles. The average molecular weight is 365 g/mol. The highest BCUT2D eigenvalue weighted by Crippen LogP contribution is 2.31. The minimum atomic E-state index is -0.587. The molecule has 0 N–H and O–H groups in total. The van der Waals surface area contributed by atoms with Gasteiger partial charge in [-0.15, -0.1) is 5.10 Å². The topological polar surface area (TPSA) is 53.4 Å². The van der Waals surface area contributed by atoms with Crippen LogP contribution in [0.4, 0.5) is 8.78 Å². The van der Waals surface area contributed by atoms with E-state index in [0.717, 1.165) is 0 Å². The predicted molar refractivity (Wildman–Crippen MR) is 87.2 cm³/mol. The lowest BCUT2D eigenvalue weighted by Gasteiger charge is -2.09. The number of hydrogen-bond acceptors (Lipinski definition) is 4. The fourth-order valence-electron chi connectivity index (χ4n) is 2.31. The van der Waals surface area contributed by atoms with E-state index in [1.54, 1.807) is 6.07 Å². The van der Waals surface area contributed by atoms with Crippen molar-refractivity contribution in [3.8, 4) is 28.6 Å². The molecule has 0 aliphatic carbocycles. The van der Waals surface area contributed by atoms with Gasteiger partial charge in [0, 0.05) is 17.7 Å². The van der Waals surface area contributed by atoms with Gasteiger partial charge in [0.2, 0.25) is 5.88 Å². The van der Waals surface area contributed by atoms with Gasteiger partial charge in [-0.1, -0.05) is 11.6 Å². The van der Waals surface area contributed by atoms with Crippen LogP contribution in [-0.2, 0) is 4.79 Å². The van der Waals surface area contributed by atoms with Crippen molar-refractivity contribution in [2.24, 2.45) is 0 Å². The van der Waals surface area contributed by atoms with E-state index in [0.29, 0.717) is 22.7 Å². The molecule has 0 aliphatic rings. The Kier molecular flexibility index (Phi) is 4.67. The van der Waals surface area contributed by atoms with Crippen LogP contribution < -0.4 is 9.47 Å². The van der Waals surface area contributed by atoms with Crippen LogP contribution in [0, 0.1) is 11.6 Å². The zero-order chi connectivity index (χ0) is 18.0. The highest BCUT2D eigenvalue weighted by Gasteiger charge is 2.15. The van der Waals surface area contributed by atoms with Crippen molar-refractivity contribution in [3.05, 3.63) is 59.1 Å². The molecule has 25 heavy (non-hydrogen) atoms. The molecular weight excluding hydrogens is 354 g/mol. The van der Waals surface area contributed by atoms with Gasteiger partial charge in [0.25, 0.3) is 6.47 Å². The standard InChI is InChI=1S/C17H11ClF2N2O3/c1-24-13-5-10(4-11(19)6-13)16-8-17(25-9-23)21-22(16)12-2-3-15(20)14(18)7-12/h2-9H,1H3. The van der Waals surface area contributed by atoms with Crippen LogP contribution in [-0.4, -0.2) is 23.4 Å². The van der Waals surface area contributed by atoms with Gasteiger partial charge in [-0.25, -0.2) is 13.5 Å². The summed E-state index contributed by atoms with van der Waals surface area (Å²) < 4.78 is 38.4. The van der Waals surface area contributed by atoms with Crippen LogP contribution in [0.5, 0.6) is 11.6 Å². The number of carbonyl (C=O) groups is 1. The number of ether oxygens (including phenoxy) is 2. The zero-order valence-corrected chi connectivity index (χ0v) is 13.6. The Hall–Kier alpha value is -2.93. The number of halogens is 3. The predicted octanol–water partition coefficient (Wildman–Crippen LogP) is 4.01. The highest BCUT2D eigenvalue weighted by atomic mass is 35.5. The van der Waals surface area contributed by atoms with Crippen molar-refractivity contribution >= 4 is 18.1 Å². The lowest BCUT2D eigenvalue weighted by Crippen LogP contribution is -2.01. The minimum absolute atomic E-state index is 0.00586. The molecule has 5 nitrogen and oxygen atoms in total. The summed E-state index contributed by atoms with van der Waals surface area (Å²) in [4.78, 5) is 10.6. The average Bonchev–Trinajstić information content (AvgIpc) is 3.01. The first-order valence-electron chi connectivity index (χ1n) is 7.02. The highest BCUT2D eigenvalue weighted by molar-refractivity contribution is 6.30. The van der Waals surface area contributed by atoms with E-state index in [1.165, 1.54) is 48.2 Å². The summed E-state index contributed by atoms with van der Waals surface area (Å²) in [5.74, 6) is -0.806. The zero-order valence-electron chi connectivity index (χ0n) is 12.9. The molecule has 8 heteroatoms. The number of nitrogens with zero attached hydrogens (tertiary/aromatic N) is 2. The van der Waals surface area contributed by atoms with E-state index in [1.807, 2.05) is 0 Å². The second-order valence-electron chi connectivity index (χ2n) is 4.97. The normalized spacial score (nSPS) is 10.6. The molecule has 0 aliphatic heterocycles. The Morgan fingerprint density at radius 1 is 1.16 bits per heavy atom. The smallest absolute Gasteiger partial charge is 0.299 e. The first kappa shape index (κ1) is 16.9. The van der Waals surface area contributed by atoms with Gasteiger partial charge in [-0.2, -0.15) is 0 Å². The van der Waals surface area contributed by atoms with Gasteiger partial charge in [0.05, 0.1) is 23.5 Å². The molecule has 0 spiro atoms. The molecule has 0 bridgehead atoms. The number of rotatable bonds is 5. The summed E-state index contributed by atoms with van der Waals surface area (Å²) in [6.45, 7) is 0.222. The van der Waals surface area contributed by atoms with Crippen LogP contribution in [0.15, 0.2) is 42.5 Å². The van der Waals surface area contributed by atoms with Crippen LogP contribution in [0.2, 0.25) is 5.02 Å². The van der Waals surface area contributed by atoms with Gasteiger partial charge in [-0.05, 0) is 30.3 Å². The van der Waals surface area contributed by atoms with Crippen LogP contribution in [0.1, 0.15) is 0 Å². The van der Waals surface area contributed by atoms with E-state index in [9.17, 15) is 13.6 Å². The molecule has 3 rings (SSSR count). The Morgan fingerprint density at radius 3 is 2.64 bits per heavy atom. The van der Waals surface area contributed by atoms with Gasteiger partial charge < -0.3 is 9.47 Å². The van der Waals surface area contributed by atoms with Crippen LogP contribution in [0.25, 0.3) is 16.9 Å². The molecule has 3 aromatic rings. The Balaban J connectivity index is 2.20. The van der Waals surface area contributed by atoms with Crippen LogP contribution >= 0.6 is 11.6 Å². The van der Waals surface area contributed by atoms with Crippen molar-refractivity contribution in [2.75, 3.05) is 7.11 Å². The van der Waals surface area contributed by atoms with Gasteiger partial charge in [0.15, 0.2) is 0 Å². The summed E-state index contributed by atoms with van der Waals surface area (Å²) in [5, 5.41) is 4.02. The molecule has 2 aromatic carbocycles. The molecular formula is C17H11ClF2N2O3. The summed E-state index contributed by atoms with van der Waals surface area (Å²) in [7, 11) is 1.41. The number of aromatic nitrogens is 2. The van der Waals surface area contributed by atoms with Gasteiger partial charge >= 0.3 is 0 Å². The lowest BCUT2D eigenvalue weighted by atomic mass is 10.1.